The van der Waals surface area contributed by atoms with Crippen molar-refractivity contribution in [1.82, 2.24) is 15.1 Å². The minimum absolute atomic E-state index is 0. The van der Waals surface area contributed by atoms with Crippen LogP contribution in [0.15, 0.2) is 47.5 Å². The van der Waals surface area contributed by atoms with Crippen LogP contribution in [0, 0.1) is 0 Å². The topological polar surface area (TPSA) is 92.4 Å². The highest BCUT2D eigenvalue weighted by Gasteiger charge is 2.21. The van der Waals surface area contributed by atoms with Crippen LogP contribution >= 0.6 is 24.0 Å². The molecule has 3 N–H and O–H groups in total. The summed E-state index contributed by atoms with van der Waals surface area (Å²) >= 11 is 0. The lowest BCUT2D eigenvalue weighted by atomic mass is 10.1. The fraction of sp³-hybridized carbons (Fsp3) is 0.391. The molecule has 1 heterocycles. The second-order valence-corrected chi connectivity index (χ2v) is 7.41. The third-order valence-electron chi connectivity index (χ3n) is 5.43. The van der Waals surface area contributed by atoms with E-state index < -0.39 is 5.91 Å². The molecule has 1 amide bonds. The molecular formula is C23H32IN5O3. The third kappa shape index (κ3) is 6.73. The van der Waals surface area contributed by atoms with E-state index in [1.807, 2.05) is 36.4 Å². The predicted molar refractivity (Wildman–Crippen MR) is 137 cm³/mol. The molecule has 0 spiro atoms. The van der Waals surface area contributed by atoms with Crippen LogP contribution in [0.25, 0.3) is 0 Å². The minimum atomic E-state index is -0.421. The summed E-state index contributed by atoms with van der Waals surface area (Å²) in [4.78, 5) is 20.5. The number of halogens is 1. The van der Waals surface area contributed by atoms with Gasteiger partial charge in [-0.3, -0.25) is 14.7 Å². The van der Waals surface area contributed by atoms with Crippen molar-refractivity contribution in [2.75, 3.05) is 47.4 Å². The van der Waals surface area contributed by atoms with Crippen molar-refractivity contribution in [2.45, 2.75) is 13.1 Å². The van der Waals surface area contributed by atoms with Crippen LogP contribution in [-0.2, 0) is 13.1 Å². The SMILES string of the molecule is CN=C(NCc1cccc(C(N)=O)c1)N1CCN(Cc2cc(OC)ccc2OC)CC1.I. The van der Waals surface area contributed by atoms with Gasteiger partial charge in [0.05, 0.1) is 14.2 Å². The van der Waals surface area contributed by atoms with Gasteiger partial charge in [-0.1, -0.05) is 12.1 Å². The average molecular weight is 553 g/mol. The molecule has 1 saturated heterocycles. The Labute approximate surface area is 206 Å². The number of piperazine rings is 1. The van der Waals surface area contributed by atoms with E-state index in [1.165, 1.54) is 0 Å². The van der Waals surface area contributed by atoms with E-state index in [0.717, 1.165) is 61.3 Å². The van der Waals surface area contributed by atoms with Gasteiger partial charge in [-0.15, -0.1) is 24.0 Å². The van der Waals surface area contributed by atoms with E-state index in [1.54, 1.807) is 27.3 Å². The van der Waals surface area contributed by atoms with E-state index in [-0.39, 0.29) is 24.0 Å². The number of ether oxygens (including phenoxy) is 2. The molecule has 1 aliphatic rings. The molecule has 2 aromatic carbocycles. The highest BCUT2D eigenvalue weighted by Crippen LogP contribution is 2.25. The van der Waals surface area contributed by atoms with Gasteiger partial charge in [0.1, 0.15) is 11.5 Å². The zero-order chi connectivity index (χ0) is 22.2. The maximum atomic E-state index is 11.4. The lowest BCUT2D eigenvalue weighted by Gasteiger charge is -2.36. The Balaban J connectivity index is 0.00000363. The molecule has 0 radical (unpaired) electrons. The fourth-order valence-corrected chi connectivity index (χ4v) is 3.71. The number of rotatable bonds is 7. The van der Waals surface area contributed by atoms with Gasteiger partial charge in [-0.25, -0.2) is 0 Å². The van der Waals surface area contributed by atoms with Gasteiger partial charge < -0.3 is 25.4 Å². The fourth-order valence-electron chi connectivity index (χ4n) is 3.71. The number of carbonyl (C=O) groups is 1. The molecule has 0 saturated carbocycles. The summed E-state index contributed by atoms with van der Waals surface area (Å²) in [5.74, 6) is 2.14. The van der Waals surface area contributed by atoms with Crippen LogP contribution in [0.2, 0.25) is 0 Å². The first-order valence-electron chi connectivity index (χ1n) is 10.3. The molecule has 2 aromatic rings. The smallest absolute Gasteiger partial charge is 0.248 e. The van der Waals surface area contributed by atoms with Crippen LogP contribution in [0.3, 0.4) is 0 Å². The van der Waals surface area contributed by atoms with Gasteiger partial charge in [0.25, 0.3) is 0 Å². The van der Waals surface area contributed by atoms with Crippen molar-refractivity contribution in [2.24, 2.45) is 10.7 Å². The van der Waals surface area contributed by atoms with E-state index in [4.69, 9.17) is 15.2 Å². The summed E-state index contributed by atoms with van der Waals surface area (Å²) in [6, 6.07) is 13.2. The molecule has 1 fully saturated rings. The van der Waals surface area contributed by atoms with Crippen LogP contribution in [0.1, 0.15) is 21.5 Å². The van der Waals surface area contributed by atoms with Crippen LogP contribution in [0.4, 0.5) is 0 Å². The maximum absolute atomic E-state index is 11.4. The second-order valence-electron chi connectivity index (χ2n) is 7.41. The van der Waals surface area contributed by atoms with E-state index in [0.29, 0.717) is 12.1 Å². The number of benzene rings is 2. The van der Waals surface area contributed by atoms with Gasteiger partial charge >= 0.3 is 0 Å². The molecule has 8 nitrogen and oxygen atoms in total. The quantitative estimate of drug-likeness (QED) is 0.311. The normalized spacial score (nSPS) is 14.5. The van der Waals surface area contributed by atoms with Crippen LogP contribution in [0.5, 0.6) is 11.5 Å². The van der Waals surface area contributed by atoms with Crippen molar-refractivity contribution in [3.63, 3.8) is 0 Å². The maximum Gasteiger partial charge on any atom is 0.248 e. The summed E-state index contributed by atoms with van der Waals surface area (Å²) in [5.41, 5.74) is 7.99. The molecule has 9 heteroatoms. The van der Waals surface area contributed by atoms with Crippen molar-refractivity contribution in [3.05, 3.63) is 59.2 Å². The number of carbonyl (C=O) groups excluding carboxylic acids is 1. The van der Waals surface area contributed by atoms with Gasteiger partial charge in [0.15, 0.2) is 5.96 Å². The van der Waals surface area contributed by atoms with Crippen molar-refractivity contribution >= 4 is 35.8 Å². The Morgan fingerprint density at radius 3 is 2.47 bits per heavy atom. The van der Waals surface area contributed by atoms with Gasteiger partial charge in [0, 0.05) is 57.4 Å². The lowest BCUT2D eigenvalue weighted by Crippen LogP contribution is -2.52. The minimum Gasteiger partial charge on any atom is -0.497 e. The second kappa shape index (κ2) is 12.5. The van der Waals surface area contributed by atoms with Crippen molar-refractivity contribution in [3.8, 4) is 11.5 Å². The number of hydrogen-bond donors (Lipinski definition) is 2. The molecule has 1 aliphatic heterocycles. The largest absolute Gasteiger partial charge is 0.497 e. The summed E-state index contributed by atoms with van der Waals surface area (Å²) in [6.45, 7) is 4.95. The lowest BCUT2D eigenvalue weighted by molar-refractivity contribution is 0.1000. The number of aliphatic imine (C=N–C) groups is 1. The molecule has 0 unspecified atom stereocenters. The van der Waals surface area contributed by atoms with Crippen molar-refractivity contribution in [1.29, 1.82) is 0 Å². The Morgan fingerprint density at radius 2 is 1.84 bits per heavy atom. The molecule has 0 aromatic heterocycles. The number of methoxy groups -OCH3 is 2. The van der Waals surface area contributed by atoms with Gasteiger partial charge in [-0.05, 0) is 35.9 Å². The Morgan fingerprint density at radius 1 is 1.09 bits per heavy atom. The van der Waals surface area contributed by atoms with Crippen LogP contribution in [-0.4, -0.2) is 69.1 Å². The number of nitrogens with two attached hydrogens (primary N) is 1. The third-order valence-corrected chi connectivity index (χ3v) is 5.43. The zero-order valence-electron chi connectivity index (χ0n) is 18.8. The number of hydrogen-bond acceptors (Lipinski definition) is 5. The Hall–Kier alpha value is -2.53. The molecule has 0 aliphatic carbocycles. The number of amides is 1. The Kier molecular flexibility index (Phi) is 10.0. The number of primary amides is 1. The zero-order valence-corrected chi connectivity index (χ0v) is 21.2. The van der Waals surface area contributed by atoms with Crippen molar-refractivity contribution < 1.29 is 14.3 Å². The van der Waals surface area contributed by atoms with Crippen LogP contribution < -0.4 is 20.5 Å². The highest BCUT2D eigenvalue weighted by molar-refractivity contribution is 14.0. The van der Waals surface area contributed by atoms with E-state index >= 15 is 0 Å². The molecule has 174 valence electrons. The van der Waals surface area contributed by atoms with E-state index in [9.17, 15) is 4.79 Å². The van der Waals surface area contributed by atoms with Gasteiger partial charge in [-0.2, -0.15) is 0 Å². The predicted octanol–water partition coefficient (Wildman–Crippen LogP) is 2.31. The summed E-state index contributed by atoms with van der Waals surface area (Å²) in [6.07, 6.45) is 0. The summed E-state index contributed by atoms with van der Waals surface area (Å²) in [7, 11) is 5.15. The summed E-state index contributed by atoms with van der Waals surface area (Å²) in [5, 5.41) is 3.39. The first kappa shape index (κ1) is 25.7. The average Bonchev–Trinajstić information content (AvgIpc) is 2.80. The Bertz CT molecular complexity index is 930. The van der Waals surface area contributed by atoms with E-state index in [2.05, 4.69) is 20.1 Å². The number of guanidine groups is 1. The first-order valence-corrected chi connectivity index (χ1v) is 10.3. The van der Waals surface area contributed by atoms with Gasteiger partial charge in [0.2, 0.25) is 5.91 Å². The highest BCUT2D eigenvalue weighted by atomic mass is 127. The molecule has 0 bridgehead atoms. The first-order chi connectivity index (χ1) is 15.0. The monoisotopic (exact) mass is 553 g/mol. The molecule has 32 heavy (non-hydrogen) atoms. The molecular weight excluding hydrogens is 521 g/mol. The standard InChI is InChI=1S/C23H31N5O3.HI/c1-25-23(26-15-17-5-4-6-18(13-17)22(24)29)28-11-9-27(10-12-28)16-19-14-20(30-2)7-8-21(19)31-3;/h4-8,13-14H,9-12,15-16H2,1-3H3,(H2,24,29)(H,25,26);1H. The number of nitrogens with one attached hydrogen (secondary N) is 1. The molecule has 0 atom stereocenters. The molecule has 3 rings (SSSR count). The number of nitrogens with zero attached hydrogens (tertiary/aromatic N) is 3. The summed E-state index contributed by atoms with van der Waals surface area (Å²) < 4.78 is 10.9.